The number of furan rings is 1. The van der Waals surface area contributed by atoms with Gasteiger partial charge in [0.15, 0.2) is 5.76 Å². The number of aliphatic hydroxyl groups excluding tert-OH is 1. The van der Waals surface area contributed by atoms with Gasteiger partial charge in [-0.3, -0.25) is 0 Å². The Morgan fingerprint density at radius 1 is 1.15 bits per heavy atom. The Morgan fingerprint density at radius 3 is 2.54 bits per heavy atom. The summed E-state index contributed by atoms with van der Waals surface area (Å²) in [5.74, 6) is -0.793. The van der Waals surface area contributed by atoms with E-state index in [9.17, 15) is 9.90 Å². The Kier molecular flexibility index (Phi) is 4.83. The molecular weight excluding hydrogens is 330 g/mol. The number of nitrogens with zero attached hydrogens (tertiary/aromatic N) is 1. The van der Waals surface area contributed by atoms with Crippen LogP contribution in [0.3, 0.4) is 0 Å². The van der Waals surface area contributed by atoms with E-state index in [2.05, 4.69) is 39.0 Å². The fraction of sp³-hybridized carbons (Fsp3) is 0.333. The molecule has 0 bridgehead atoms. The molecule has 2 N–H and O–H groups in total. The van der Waals surface area contributed by atoms with Crippen LogP contribution in [0, 0.1) is 0 Å². The molecule has 0 fully saturated rings. The number of benzene rings is 1. The number of aromatic nitrogens is 1. The average Bonchev–Trinajstić information content (AvgIpc) is 3.08. The summed E-state index contributed by atoms with van der Waals surface area (Å²) in [5, 5.41) is 19.3. The molecule has 5 heteroatoms. The van der Waals surface area contributed by atoms with Gasteiger partial charge in [0.05, 0.1) is 5.52 Å². The zero-order valence-corrected chi connectivity index (χ0v) is 15.2. The number of pyridine rings is 1. The smallest absolute Gasteiger partial charge is 0.371 e. The molecule has 0 radical (unpaired) electrons. The highest BCUT2D eigenvalue weighted by Crippen LogP contribution is 2.31. The lowest BCUT2D eigenvalue weighted by Crippen LogP contribution is -2.10. The maximum Gasteiger partial charge on any atom is 0.371 e. The molecule has 0 saturated heterocycles. The third-order valence-corrected chi connectivity index (χ3v) is 4.41. The molecule has 0 amide bonds. The number of aromatic carboxylic acids is 1. The largest absolute Gasteiger partial charge is 0.475 e. The van der Waals surface area contributed by atoms with E-state index in [-0.39, 0.29) is 17.8 Å². The highest BCUT2D eigenvalue weighted by atomic mass is 16.4. The van der Waals surface area contributed by atoms with Gasteiger partial charge in [0, 0.05) is 12.0 Å². The van der Waals surface area contributed by atoms with Crippen LogP contribution in [0.1, 0.15) is 48.9 Å². The van der Waals surface area contributed by atoms with Gasteiger partial charge in [-0.25, -0.2) is 9.78 Å². The van der Waals surface area contributed by atoms with E-state index in [4.69, 9.17) is 14.5 Å². The van der Waals surface area contributed by atoms with Gasteiger partial charge >= 0.3 is 5.97 Å². The molecular formula is C21H23NO4. The van der Waals surface area contributed by atoms with E-state index < -0.39 is 5.97 Å². The second kappa shape index (κ2) is 6.92. The molecule has 0 spiro atoms. The van der Waals surface area contributed by atoms with Crippen LogP contribution in [0.2, 0.25) is 0 Å². The second-order valence-corrected chi connectivity index (χ2v) is 7.45. The average molecular weight is 353 g/mol. The number of fused-ring (bicyclic) bond motifs is 1. The SMILES string of the molecule is CC(C)(C)c1ccc2nc(-c3ccc(C(=O)O)o3)c(CCCO)cc2c1. The maximum atomic E-state index is 11.1. The van der Waals surface area contributed by atoms with Crippen molar-refractivity contribution in [3.05, 3.63) is 53.3 Å². The quantitative estimate of drug-likeness (QED) is 0.709. The van der Waals surface area contributed by atoms with Crippen LogP contribution >= 0.6 is 0 Å². The van der Waals surface area contributed by atoms with Crippen molar-refractivity contribution in [2.45, 2.75) is 39.0 Å². The van der Waals surface area contributed by atoms with Crippen LogP contribution in [0.4, 0.5) is 0 Å². The van der Waals surface area contributed by atoms with Gasteiger partial charge in [-0.05, 0) is 59.7 Å². The standard InChI is InChI=1S/C21H23NO4/c1-21(2,3)15-6-7-16-14(12-15)11-13(5-4-10-23)19(22-16)17-8-9-18(26-17)20(24)25/h6-9,11-12,23H,4-5,10H2,1-3H3,(H,24,25). The molecule has 136 valence electrons. The lowest BCUT2D eigenvalue weighted by Gasteiger charge is -2.19. The minimum Gasteiger partial charge on any atom is -0.475 e. The number of hydrogen-bond donors (Lipinski definition) is 2. The molecule has 0 saturated carbocycles. The summed E-state index contributed by atoms with van der Waals surface area (Å²) in [4.78, 5) is 15.8. The third kappa shape index (κ3) is 3.63. The van der Waals surface area contributed by atoms with Gasteiger partial charge in [0.1, 0.15) is 5.69 Å². The molecule has 26 heavy (non-hydrogen) atoms. The van der Waals surface area contributed by atoms with Crippen molar-refractivity contribution in [1.82, 2.24) is 4.98 Å². The zero-order valence-electron chi connectivity index (χ0n) is 15.2. The number of hydrogen-bond acceptors (Lipinski definition) is 4. The van der Waals surface area contributed by atoms with E-state index in [1.54, 1.807) is 6.07 Å². The Labute approximate surface area is 152 Å². The Morgan fingerprint density at radius 2 is 1.92 bits per heavy atom. The van der Waals surface area contributed by atoms with Crippen LogP contribution in [0.5, 0.6) is 0 Å². The van der Waals surface area contributed by atoms with E-state index in [1.165, 1.54) is 11.6 Å². The first kappa shape index (κ1) is 18.1. The normalized spacial score (nSPS) is 11.8. The summed E-state index contributed by atoms with van der Waals surface area (Å²) in [6.45, 7) is 6.58. The summed E-state index contributed by atoms with van der Waals surface area (Å²) in [6.07, 6.45) is 1.24. The topological polar surface area (TPSA) is 83.6 Å². The van der Waals surface area contributed by atoms with Crippen molar-refractivity contribution < 1.29 is 19.4 Å². The van der Waals surface area contributed by atoms with Crippen LogP contribution in [-0.4, -0.2) is 27.8 Å². The van der Waals surface area contributed by atoms with Crippen molar-refractivity contribution in [2.75, 3.05) is 6.61 Å². The van der Waals surface area contributed by atoms with E-state index in [0.717, 1.165) is 16.5 Å². The number of aliphatic hydroxyl groups is 1. The van der Waals surface area contributed by atoms with Gasteiger partial charge in [-0.2, -0.15) is 0 Å². The number of carbonyl (C=O) groups is 1. The van der Waals surface area contributed by atoms with Crippen LogP contribution in [0.25, 0.3) is 22.4 Å². The Hall–Kier alpha value is -2.66. The predicted molar refractivity (Wildman–Crippen MR) is 101 cm³/mol. The van der Waals surface area contributed by atoms with Crippen LogP contribution < -0.4 is 0 Å². The summed E-state index contributed by atoms with van der Waals surface area (Å²) in [6, 6.07) is 11.3. The first-order valence-electron chi connectivity index (χ1n) is 8.68. The molecule has 0 aliphatic heterocycles. The Balaban J connectivity index is 2.15. The van der Waals surface area contributed by atoms with Gasteiger partial charge in [-0.1, -0.05) is 26.8 Å². The summed E-state index contributed by atoms with van der Waals surface area (Å²) in [7, 11) is 0. The van der Waals surface area contributed by atoms with Crippen molar-refractivity contribution in [2.24, 2.45) is 0 Å². The fourth-order valence-electron chi connectivity index (χ4n) is 2.94. The number of carboxylic acid groups (broad SMARTS) is 1. The minimum absolute atomic E-state index is 0.0372. The lowest BCUT2D eigenvalue weighted by molar-refractivity contribution is 0.0663. The van der Waals surface area contributed by atoms with E-state index in [0.29, 0.717) is 24.3 Å². The molecule has 5 nitrogen and oxygen atoms in total. The number of rotatable bonds is 5. The first-order chi connectivity index (χ1) is 12.3. The number of carboxylic acids is 1. The molecule has 3 rings (SSSR count). The highest BCUT2D eigenvalue weighted by Gasteiger charge is 2.18. The van der Waals surface area contributed by atoms with Crippen molar-refractivity contribution in [1.29, 1.82) is 0 Å². The monoisotopic (exact) mass is 353 g/mol. The molecule has 3 aromatic rings. The second-order valence-electron chi connectivity index (χ2n) is 7.45. The molecule has 0 aliphatic carbocycles. The van der Waals surface area contributed by atoms with Gasteiger partial charge in [0.25, 0.3) is 0 Å². The van der Waals surface area contributed by atoms with Gasteiger partial charge < -0.3 is 14.6 Å². The molecule has 0 atom stereocenters. The van der Waals surface area contributed by atoms with Crippen LogP contribution in [-0.2, 0) is 11.8 Å². The maximum absolute atomic E-state index is 11.1. The summed E-state index contributed by atoms with van der Waals surface area (Å²) in [5.41, 5.74) is 3.65. The fourth-order valence-corrected chi connectivity index (χ4v) is 2.94. The van der Waals surface area contributed by atoms with Crippen molar-refractivity contribution in [3.8, 4) is 11.5 Å². The summed E-state index contributed by atoms with van der Waals surface area (Å²) < 4.78 is 5.45. The molecule has 0 aliphatic rings. The van der Waals surface area contributed by atoms with Crippen molar-refractivity contribution in [3.63, 3.8) is 0 Å². The highest BCUT2D eigenvalue weighted by molar-refractivity contribution is 5.86. The van der Waals surface area contributed by atoms with Crippen molar-refractivity contribution >= 4 is 16.9 Å². The van der Waals surface area contributed by atoms with E-state index in [1.807, 2.05) is 6.07 Å². The molecule has 0 unspecified atom stereocenters. The minimum atomic E-state index is -1.11. The molecule has 2 heterocycles. The zero-order chi connectivity index (χ0) is 18.9. The molecule has 2 aromatic heterocycles. The number of aryl methyl sites for hydroxylation is 1. The van der Waals surface area contributed by atoms with Gasteiger partial charge in [-0.15, -0.1) is 0 Å². The van der Waals surface area contributed by atoms with Gasteiger partial charge in [0.2, 0.25) is 5.76 Å². The molecule has 1 aromatic carbocycles. The first-order valence-corrected chi connectivity index (χ1v) is 8.68. The predicted octanol–water partition coefficient (Wildman–Crippen LogP) is 4.42. The van der Waals surface area contributed by atoms with E-state index >= 15 is 0 Å². The van der Waals surface area contributed by atoms with Crippen LogP contribution in [0.15, 0.2) is 40.8 Å². The Bertz CT molecular complexity index is 950. The lowest BCUT2D eigenvalue weighted by atomic mass is 9.86. The summed E-state index contributed by atoms with van der Waals surface area (Å²) >= 11 is 0. The third-order valence-electron chi connectivity index (χ3n) is 4.41.